The van der Waals surface area contributed by atoms with E-state index < -0.39 is 0 Å². The molecule has 4 aromatic rings. The van der Waals surface area contributed by atoms with E-state index in [-0.39, 0.29) is 11.5 Å². The summed E-state index contributed by atoms with van der Waals surface area (Å²) in [6.07, 6.45) is 7.18. The lowest BCUT2D eigenvalue weighted by molar-refractivity contribution is 0.416. The molecule has 1 aliphatic rings. The van der Waals surface area contributed by atoms with Gasteiger partial charge in [0, 0.05) is 20.4 Å². The first-order valence-corrected chi connectivity index (χ1v) is 12.7. The number of hydrogen-bond donors (Lipinski definition) is 0. The molecule has 2 heterocycles. The lowest BCUT2D eigenvalue weighted by Gasteiger charge is -2.22. The van der Waals surface area contributed by atoms with E-state index in [1.54, 1.807) is 12.3 Å². The Morgan fingerprint density at radius 1 is 1.06 bits per heavy atom. The maximum atomic E-state index is 13.4. The highest BCUT2D eigenvalue weighted by Gasteiger charge is 2.22. The van der Waals surface area contributed by atoms with E-state index in [0.29, 0.717) is 16.7 Å². The van der Waals surface area contributed by atoms with Crippen LogP contribution in [0.3, 0.4) is 0 Å². The fraction of sp³-hybridized carbons (Fsp3) is 0.269. The summed E-state index contributed by atoms with van der Waals surface area (Å²) in [5, 5.41) is 5.12. The lowest BCUT2D eigenvalue weighted by atomic mass is 9.88. The highest BCUT2D eigenvalue weighted by molar-refractivity contribution is 9.10. The molecule has 33 heavy (non-hydrogen) atoms. The average molecular weight is 569 g/mol. The molecule has 7 heteroatoms. The Balaban J connectivity index is 1.56. The lowest BCUT2D eigenvalue weighted by Crippen LogP contribution is -2.25. The van der Waals surface area contributed by atoms with Crippen LogP contribution >= 0.6 is 31.9 Å². The molecule has 0 amide bonds. The largest absolute Gasteiger partial charge is 0.455 e. The second kappa shape index (κ2) is 9.39. The molecule has 0 aliphatic heterocycles. The topological polar surface area (TPSA) is 60.4 Å². The van der Waals surface area contributed by atoms with Crippen LogP contribution in [-0.2, 0) is 0 Å². The van der Waals surface area contributed by atoms with Gasteiger partial charge in [0.2, 0.25) is 0 Å². The highest BCUT2D eigenvalue weighted by atomic mass is 79.9. The van der Waals surface area contributed by atoms with Crippen LogP contribution in [0.4, 0.5) is 0 Å². The van der Waals surface area contributed by atoms with Crippen LogP contribution in [0.2, 0.25) is 0 Å². The standard InChI is InChI=1S/C26H23Br2N3O2/c1-16-7-10-20(22(28)13-16)24-12-9-19(33-24)15-29-31-25(17-5-3-2-4-6-17)30-23-11-8-18(27)14-21(23)26(31)32/h7-15,17H,2-6H2,1H3. The molecule has 0 atom stereocenters. The maximum Gasteiger partial charge on any atom is 0.282 e. The molecule has 5 nitrogen and oxygen atoms in total. The summed E-state index contributed by atoms with van der Waals surface area (Å²) in [7, 11) is 0. The molecule has 0 spiro atoms. The van der Waals surface area contributed by atoms with Crippen LogP contribution < -0.4 is 5.56 Å². The second-order valence-electron chi connectivity index (χ2n) is 8.51. The van der Waals surface area contributed by atoms with Gasteiger partial charge in [-0.15, -0.1) is 0 Å². The van der Waals surface area contributed by atoms with Crippen molar-refractivity contribution in [3.05, 3.63) is 85.0 Å². The highest BCUT2D eigenvalue weighted by Crippen LogP contribution is 2.32. The van der Waals surface area contributed by atoms with Crippen LogP contribution in [0.1, 0.15) is 55.2 Å². The van der Waals surface area contributed by atoms with Crippen molar-refractivity contribution in [3.63, 3.8) is 0 Å². The third-order valence-corrected chi connectivity index (χ3v) is 7.27. The number of aromatic nitrogens is 2. The number of halogens is 2. The molecule has 2 aromatic carbocycles. The predicted octanol–water partition coefficient (Wildman–Crippen LogP) is 7.42. The van der Waals surface area contributed by atoms with Crippen LogP contribution in [-0.4, -0.2) is 15.9 Å². The van der Waals surface area contributed by atoms with Crippen molar-refractivity contribution in [1.82, 2.24) is 9.66 Å². The monoisotopic (exact) mass is 567 g/mol. The first-order valence-electron chi connectivity index (χ1n) is 11.1. The molecule has 0 N–H and O–H groups in total. The minimum absolute atomic E-state index is 0.161. The molecule has 0 radical (unpaired) electrons. The predicted molar refractivity (Wildman–Crippen MR) is 139 cm³/mol. The van der Waals surface area contributed by atoms with E-state index in [9.17, 15) is 4.79 Å². The first-order chi connectivity index (χ1) is 16.0. The van der Waals surface area contributed by atoms with E-state index in [0.717, 1.165) is 51.8 Å². The van der Waals surface area contributed by atoms with E-state index in [1.807, 2.05) is 43.3 Å². The maximum absolute atomic E-state index is 13.4. The molecule has 0 unspecified atom stereocenters. The average Bonchev–Trinajstić information content (AvgIpc) is 3.28. The summed E-state index contributed by atoms with van der Waals surface area (Å²) in [6.45, 7) is 2.05. The van der Waals surface area contributed by atoms with Crippen LogP contribution in [0.5, 0.6) is 0 Å². The van der Waals surface area contributed by atoms with E-state index in [1.165, 1.54) is 16.7 Å². The van der Waals surface area contributed by atoms with Crippen LogP contribution in [0.25, 0.3) is 22.2 Å². The summed E-state index contributed by atoms with van der Waals surface area (Å²) in [6, 6.07) is 15.5. The van der Waals surface area contributed by atoms with Crippen molar-refractivity contribution in [2.45, 2.75) is 44.9 Å². The van der Waals surface area contributed by atoms with Crippen molar-refractivity contribution in [1.29, 1.82) is 0 Å². The molecule has 0 bridgehead atoms. The second-order valence-corrected chi connectivity index (χ2v) is 10.3. The van der Waals surface area contributed by atoms with Gasteiger partial charge in [-0.05, 0) is 67.8 Å². The molecule has 1 aliphatic carbocycles. The van der Waals surface area contributed by atoms with Gasteiger partial charge in [-0.1, -0.05) is 57.2 Å². The van der Waals surface area contributed by atoms with E-state index >= 15 is 0 Å². The van der Waals surface area contributed by atoms with Gasteiger partial charge in [0.15, 0.2) is 0 Å². The number of benzene rings is 2. The van der Waals surface area contributed by atoms with Gasteiger partial charge in [0.25, 0.3) is 5.56 Å². The van der Waals surface area contributed by atoms with Crippen LogP contribution in [0.15, 0.2) is 71.8 Å². The van der Waals surface area contributed by atoms with Gasteiger partial charge in [-0.25, -0.2) is 4.98 Å². The molecule has 1 saturated carbocycles. The normalized spacial score (nSPS) is 15.0. The van der Waals surface area contributed by atoms with Gasteiger partial charge >= 0.3 is 0 Å². The Labute approximate surface area is 208 Å². The smallest absolute Gasteiger partial charge is 0.282 e. The van der Waals surface area contributed by atoms with E-state index in [4.69, 9.17) is 9.40 Å². The van der Waals surface area contributed by atoms with E-state index in [2.05, 4.69) is 43.0 Å². The Kier molecular flexibility index (Phi) is 6.34. The Morgan fingerprint density at radius 3 is 2.67 bits per heavy atom. The summed E-state index contributed by atoms with van der Waals surface area (Å²) in [5.41, 5.74) is 2.69. The number of furan rings is 1. The Hall–Kier alpha value is -2.51. The molecule has 0 saturated heterocycles. The fourth-order valence-corrected chi connectivity index (χ4v) is 5.45. The minimum Gasteiger partial charge on any atom is -0.455 e. The summed E-state index contributed by atoms with van der Waals surface area (Å²) in [5.74, 6) is 2.28. The number of rotatable bonds is 4. The Morgan fingerprint density at radius 2 is 1.88 bits per heavy atom. The zero-order valence-corrected chi connectivity index (χ0v) is 21.4. The summed E-state index contributed by atoms with van der Waals surface area (Å²) < 4.78 is 9.30. The summed E-state index contributed by atoms with van der Waals surface area (Å²) >= 11 is 7.07. The number of hydrogen-bond acceptors (Lipinski definition) is 4. The number of nitrogens with zero attached hydrogens (tertiary/aromatic N) is 3. The molecule has 168 valence electrons. The zero-order chi connectivity index (χ0) is 22.9. The third kappa shape index (κ3) is 4.62. The van der Waals surface area contributed by atoms with Crippen molar-refractivity contribution in [2.75, 3.05) is 0 Å². The SMILES string of the molecule is Cc1ccc(-c2ccc(C=Nn3c(C4CCCCC4)nc4ccc(Br)cc4c3=O)o2)c(Br)c1. The number of aryl methyl sites for hydroxylation is 1. The molecule has 1 fully saturated rings. The van der Waals surface area contributed by atoms with Crippen molar-refractivity contribution >= 4 is 49.0 Å². The molecular formula is C26H23Br2N3O2. The van der Waals surface area contributed by atoms with Gasteiger partial charge in [0.05, 0.1) is 17.1 Å². The van der Waals surface area contributed by atoms with Gasteiger partial charge in [-0.2, -0.15) is 9.78 Å². The first kappa shape index (κ1) is 22.3. The minimum atomic E-state index is -0.161. The quantitative estimate of drug-likeness (QED) is 0.241. The van der Waals surface area contributed by atoms with Gasteiger partial charge in [0.1, 0.15) is 17.3 Å². The van der Waals surface area contributed by atoms with Gasteiger partial charge < -0.3 is 4.42 Å². The zero-order valence-electron chi connectivity index (χ0n) is 18.2. The van der Waals surface area contributed by atoms with Crippen molar-refractivity contribution in [2.24, 2.45) is 5.10 Å². The summed E-state index contributed by atoms with van der Waals surface area (Å²) in [4.78, 5) is 18.3. The molecule has 5 rings (SSSR count). The Bertz CT molecular complexity index is 1420. The van der Waals surface area contributed by atoms with Crippen molar-refractivity contribution in [3.8, 4) is 11.3 Å². The molecular weight excluding hydrogens is 546 g/mol. The van der Waals surface area contributed by atoms with Gasteiger partial charge in [-0.3, -0.25) is 4.79 Å². The van der Waals surface area contributed by atoms with Crippen molar-refractivity contribution < 1.29 is 4.42 Å². The fourth-order valence-electron chi connectivity index (χ4n) is 4.40. The molecule has 2 aromatic heterocycles. The third-order valence-electron chi connectivity index (χ3n) is 6.12. The van der Waals surface area contributed by atoms with Crippen LogP contribution in [0, 0.1) is 6.92 Å². The number of fused-ring (bicyclic) bond motifs is 1.